The summed E-state index contributed by atoms with van der Waals surface area (Å²) < 4.78 is 1.21. The van der Waals surface area contributed by atoms with Crippen molar-refractivity contribution in [1.29, 1.82) is 0 Å². The Bertz CT molecular complexity index is 370. The number of nitrogens with zero attached hydrogens (tertiary/aromatic N) is 1. The van der Waals surface area contributed by atoms with Gasteiger partial charge in [0.25, 0.3) is 11.5 Å². The zero-order chi connectivity index (χ0) is 9.84. The molecule has 1 heterocycles. The van der Waals surface area contributed by atoms with Crippen molar-refractivity contribution in [2.24, 2.45) is 0 Å². The van der Waals surface area contributed by atoms with Gasteiger partial charge in [-0.3, -0.25) is 14.8 Å². The van der Waals surface area contributed by atoms with Crippen LogP contribution in [0, 0.1) is 6.92 Å². The van der Waals surface area contributed by atoms with E-state index >= 15 is 0 Å². The molecule has 0 unspecified atom stereocenters. The number of nitrogens with one attached hydrogen (secondary N) is 1. The Hall–Kier alpha value is -1.62. The van der Waals surface area contributed by atoms with Gasteiger partial charge in [-0.15, -0.1) is 0 Å². The van der Waals surface area contributed by atoms with Crippen molar-refractivity contribution in [1.82, 2.24) is 10.0 Å². The van der Waals surface area contributed by atoms with Crippen LogP contribution in [0.3, 0.4) is 0 Å². The van der Waals surface area contributed by atoms with Gasteiger partial charge in [-0.05, 0) is 18.6 Å². The minimum absolute atomic E-state index is 0.171. The molecule has 5 heteroatoms. The van der Waals surface area contributed by atoms with E-state index in [4.69, 9.17) is 5.21 Å². The lowest BCUT2D eigenvalue weighted by Gasteiger charge is -2.03. The van der Waals surface area contributed by atoms with Crippen molar-refractivity contribution in [3.05, 3.63) is 34.2 Å². The molecule has 1 amide bonds. The zero-order valence-corrected chi connectivity index (χ0v) is 7.15. The maximum atomic E-state index is 11.2. The summed E-state index contributed by atoms with van der Waals surface area (Å²) in [7, 11) is 0. The summed E-state index contributed by atoms with van der Waals surface area (Å²) in [6.07, 6.45) is 1.51. The molecule has 0 saturated heterocycles. The Morgan fingerprint density at radius 2 is 2.38 bits per heavy atom. The number of amides is 1. The lowest BCUT2D eigenvalue weighted by molar-refractivity contribution is -0.129. The van der Waals surface area contributed by atoms with E-state index in [2.05, 4.69) is 0 Å². The third kappa shape index (κ3) is 2.41. The molecule has 1 aromatic rings. The first kappa shape index (κ1) is 9.47. The van der Waals surface area contributed by atoms with E-state index in [0.717, 1.165) is 5.56 Å². The lowest BCUT2D eigenvalue weighted by atomic mass is 10.3. The van der Waals surface area contributed by atoms with Crippen molar-refractivity contribution in [3.63, 3.8) is 0 Å². The molecule has 2 N–H and O–H groups in total. The third-order valence-corrected chi connectivity index (χ3v) is 1.59. The predicted molar refractivity (Wildman–Crippen MR) is 45.4 cm³/mol. The van der Waals surface area contributed by atoms with Crippen molar-refractivity contribution in [2.75, 3.05) is 0 Å². The van der Waals surface area contributed by atoms with E-state index in [-0.39, 0.29) is 12.1 Å². The normalized spacial score (nSPS) is 9.69. The van der Waals surface area contributed by atoms with Gasteiger partial charge in [-0.1, -0.05) is 0 Å². The van der Waals surface area contributed by atoms with Crippen LogP contribution in [0.2, 0.25) is 0 Å². The molecular weight excluding hydrogens is 172 g/mol. The lowest BCUT2D eigenvalue weighted by Crippen LogP contribution is -2.29. The number of carbonyl (C=O) groups excluding carboxylic acids is 1. The second-order valence-electron chi connectivity index (χ2n) is 2.71. The Kier molecular flexibility index (Phi) is 2.81. The molecule has 0 spiro atoms. The molecule has 70 valence electrons. The number of hydroxylamine groups is 1. The molecule has 0 aliphatic carbocycles. The topological polar surface area (TPSA) is 71.3 Å². The molecule has 0 aliphatic heterocycles. The smallest absolute Gasteiger partial charge is 0.263 e. The Morgan fingerprint density at radius 3 is 2.92 bits per heavy atom. The van der Waals surface area contributed by atoms with Crippen molar-refractivity contribution < 1.29 is 10.0 Å². The fourth-order valence-electron chi connectivity index (χ4n) is 0.927. The number of carbonyl (C=O) groups is 1. The van der Waals surface area contributed by atoms with Gasteiger partial charge in [-0.2, -0.15) is 0 Å². The number of pyridine rings is 1. The Morgan fingerprint density at radius 1 is 1.69 bits per heavy atom. The molecule has 1 rings (SSSR count). The molecule has 0 bridgehead atoms. The van der Waals surface area contributed by atoms with Gasteiger partial charge >= 0.3 is 0 Å². The largest absolute Gasteiger partial charge is 0.306 e. The van der Waals surface area contributed by atoms with E-state index in [1.54, 1.807) is 13.0 Å². The highest BCUT2D eigenvalue weighted by Gasteiger charge is 2.01. The maximum absolute atomic E-state index is 11.2. The number of rotatable bonds is 2. The SMILES string of the molecule is Cc1ccn(CC(=O)NO)c(=O)c1. The number of hydrogen-bond donors (Lipinski definition) is 2. The maximum Gasteiger partial charge on any atom is 0.263 e. The molecule has 13 heavy (non-hydrogen) atoms. The zero-order valence-electron chi connectivity index (χ0n) is 7.15. The summed E-state index contributed by atoms with van der Waals surface area (Å²) in [6.45, 7) is 1.62. The summed E-state index contributed by atoms with van der Waals surface area (Å²) >= 11 is 0. The molecule has 0 aromatic carbocycles. The van der Waals surface area contributed by atoms with E-state index in [1.165, 1.54) is 22.3 Å². The quantitative estimate of drug-likeness (QED) is 0.485. The van der Waals surface area contributed by atoms with E-state index < -0.39 is 5.91 Å². The summed E-state index contributed by atoms with van der Waals surface area (Å²) in [4.78, 5) is 21.9. The van der Waals surface area contributed by atoms with Crippen molar-refractivity contribution in [3.8, 4) is 0 Å². The van der Waals surface area contributed by atoms with Crippen LogP contribution in [-0.2, 0) is 11.3 Å². The van der Waals surface area contributed by atoms with Crippen LogP contribution in [0.5, 0.6) is 0 Å². The molecule has 1 aromatic heterocycles. The first-order valence-electron chi connectivity index (χ1n) is 3.73. The predicted octanol–water partition coefficient (Wildman–Crippen LogP) is -0.338. The van der Waals surface area contributed by atoms with E-state index in [0.29, 0.717) is 0 Å². The first-order valence-corrected chi connectivity index (χ1v) is 3.73. The standard InChI is InChI=1S/C8H10N2O3/c1-6-2-3-10(8(12)4-6)5-7(11)9-13/h2-4,13H,5H2,1H3,(H,9,11). The van der Waals surface area contributed by atoms with Crippen LogP contribution < -0.4 is 11.0 Å². The van der Waals surface area contributed by atoms with Gasteiger partial charge < -0.3 is 4.57 Å². The van der Waals surface area contributed by atoms with Crippen LogP contribution >= 0.6 is 0 Å². The summed E-state index contributed by atoms with van der Waals surface area (Å²) in [5.74, 6) is -0.619. The van der Waals surface area contributed by atoms with Gasteiger partial charge in [0.1, 0.15) is 6.54 Å². The monoisotopic (exact) mass is 182 g/mol. The van der Waals surface area contributed by atoms with Gasteiger partial charge in [0.2, 0.25) is 0 Å². The van der Waals surface area contributed by atoms with Gasteiger partial charge in [0, 0.05) is 12.3 Å². The van der Waals surface area contributed by atoms with E-state index in [9.17, 15) is 9.59 Å². The summed E-state index contributed by atoms with van der Waals surface area (Å²) in [6, 6.07) is 3.14. The van der Waals surface area contributed by atoms with Crippen molar-refractivity contribution >= 4 is 5.91 Å². The number of hydrogen-bond acceptors (Lipinski definition) is 3. The van der Waals surface area contributed by atoms with Crippen molar-refractivity contribution in [2.45, 2.75) is 13.5 Å². The number of aromatic nitrogens is 1. The second kappa shape index (κ2) is 3.86. The fraction of sp³-hybridized carbons (Fsp3) is 0.250. The fourth-order valence-corrected chi connectivity index (χ4v) is 0.927. The van der Waals surface area contributed by atoms with Gasteiger partial charge in [0.15, 0.2) is 0 Å². The second-order valence-corrected chi connectivity index (χ2v) is 2.71. The number of aryl methyl sites for hydroxylation is 1. The van der Waals surface area contributed by atoms with Gasteiger partial charge in [0.05, 0.1) is 0 Å². The first-order chi connectivity index (χ1) is 6.13. The van der Waals surface area contributed by atoms with Crippen LogP contribution in [0.25, 0.3) is 0 Å². The highest BCUT2D eigenvalue weighted by Crippen LogP contribution is 1.90. The molecule has 0 aliphatic rings. The molecule has 0 radical (unpaired) electrons. The molecule has 0 fully saturated rings. The Labute approximate surface area is 74.6 Å². The average Bonchev–Trinajstić information content (AvgIpc) is 2.09. The molecule has 0 saturated carbocycles. The van der Waals surface area contributed by atoms with Crippen LogP contribution in [0.4, 0.5) is 0 Å². The van der Waals surface area contributed by atoms with Crippen LogP contribution in [0.15, 0.2) is 23.1 Å². The summed E-state index contributed by atoms with van der Waals surface area (Å²) in [5.41, 5.74) is 2.03. The van der Waals surface area contributed by atoms with Gasteiger partial charge in [-0.25, -0.2) is 5.48 Å². The highest BCUT2D eigenvalue weighted by molar-refractivity contribution is 5.74. The third-order valence-electron chi connectivity index (χ3n) is 1.59. The summed E-state index contributed by atoms with van der Waals surface area (Å²) in [5, 5.41) is 8.23. The minimum atomic E-state index is -0.619. The van der Waals surface area contributed by atoms with Crippen LogP contribution in [-0.4, -0.2) is 15.7 Å². The Balaban J connectivity index is 2.90. The highest BCUT2D eigenvalue weighted by atomic mass is 16.5. The molecule has 0 atom stereocenters. The average molecular weight is 182 g/mol. The van der Waals surface area contributed by atoms with E-state index in [1.807, 2.05) is 0 Å². The van der Waals surface area contributed by atoms with Crippen LogP contribution in [0.1, 0.15) is 5.56 Å². The minimum Gasteiger partial charge on any atom is -0.306 e. The molecular formula is C8H10N2O3. The molecule has 5 nitrogen and oxygen atoms in total.